The Hall–Kier alpha value is -2.24. The van der Waals surface area contributed by atoms with Gasteiger partial charge in [-0.05, 0) is 31.9 Å². The molecule has 2 rings (SSSR count). The zero-order valence-electron chi connectivity index (χ0n) is 13.6. The van der Waals surface area contributed by atoms with Gasteiger partial charge in [0.05, 0.1) is 19.6 Å². The van der Waals surface area contributed by atoms with Crippen LogP contribution in [-0.2, 0) is 14.3 Å². The van der Waals surface area contributed by atoms with Gasteiger partial charge in [-0.3, -0.25) is 9.59 Å². The lowest BCUT2D eigenvalue weighted by molar-refractivity contribution is -0.149. The van der Waals surface area contributed by atoms with Crippen molar-refractivity contribution in [2.45, 2.75) is 19.8 Å². The third-order valence-corrected chi connectivity index (χ3v) is 3.81. The van der Waals surface area contributed by atoms with Crippen molar-refractivity contribution in [3.8, 4) is 11.5 Å². The molecule has 1 aliphatic rings. The van der Waals surface area contributed by atoms with E-state index >= 15 is 0 Å². The first kappa shape index (κ1) is 17.1. The Kier molecular flexibility index (Phi) is 6.26. The maximum atomic E-state index is 12.3. The summed E-state index contributed by atoms with van der Waals surface area (Å²) in [6, 6.07) is 7.25. The summed E-state index contributed by atoms with van der Waals surface area (Å²) in [4.78, 5) is 25.6. The average molecular weight is 321 g/mol. The van der Waals surface area contributed by atoms with Crippen LogP contribution in [0.25, 0.3) is 0 Å². The number of methoxy groups -OCH3 is 1. The second-order valence-corrected chi connectivity index (χ2v) is 5.37. The lowest BCUT2D eigenvalue weighted by Gasteiger charge is -2.31. The van der Waals surface area contributed by atoms with Crippen LogP contribution in [0, 0.1) is 5.92 Å². The molecule has 0 spiro atoms. The molecule has 126 valence electrons. The summed E-state index contributed by atoms with van der Waals surface area (Å²) in [7, 11) is 1.37. The second-order valence-electron chi connectivity index (χ2n) is 5.37. The first-order valence-electron chi connectivity index (χ1n) is 7.86. The molecule has 1 fully saturated rings. The van der Waals surface area contributed by atoms with Gasteiger partial charge in [0.15, 0.2) is 18.1 Å². The number of benzene rings is 1. The zero-order valence-corrected chi connectivity index (χ0v) is 13.6. The van der Waals surface area contributed by atoms with E-state index in [0.717, 1.165) is 12.8 Å². The largest absolute Gasteiger partial charge is 0.490 e. The molecule has 0 radical (unpaired) electrons. The molecule has 6 nitrogen and oxygen atoms in total. The van der Waals surface area contributed by atoms with Crippen LogP contribution in [-0.4, -0.2) is 50.2 Å². The summed E-state index contributed by atoms with van der Waals surface area (Å²) in [6.07, 6.45) is 1.55. The summed E-state index contributed by atoms with van der Waals surface area (Å²) < 4.78 is 15.8. The van der Waals surface area contributed by atoms with Crippen LogP contribution < -0.4 is 9.47 Å². The highest BCUT2D eigenvalue weighted by atomic mass is 16.5. The van der Waals surface area contributed by atoms with E-state index in [-0.39, 0.29) is 24.4 Å². The van der Waals surface area contributed by atoms with Crippen molar-refractivity contribution >= 4 is 11.9 Å². The highest BCUT2D eigenvalue weighted by Crippen LogP contribution is 2.26. The first-order valence-corrected chi connectivity index (χ1v) is 7.86. The minimum Gasteiger partial charge on any atom is -0.490 e. The third kappa shape index (κ3) is 4.61. The van der Waals surface area contributed by atoms with Crippen LogP contribution in [0.3, 0.4) is 0 Å². The number of ether oxygens (including phenoxy) is 3. The number of esters is 1. The van der Waals surface area contributed by atoms with Crippen molar-refractivity contribution in [1.82, 2.24) is 4.90 Å². The van der Waals surface area contributed by atoms with Crippen LogP contribution in [0.5, 0.6) is 11.5 Å². The molecule has 1 amide bonds. The molecule has 0 bridgehead atoms. The number of nitrogens with zero attached hydrogens (tertiary/aromatic N) is 1. The molecule has 0 saturated carbocycles. The Labute approximate surface area is 136 Å². The number of carbonyl (C=O) groups is 2. The fourth-order valence-electron chi connectivity index (χ4n) is 2.64. The van der Waals surface area contributed by atoms with Crippen LogP contribution in [0.4, 0.5) is 0 Å². The van der Waals surface area contributed by atoms with Crippen molar-refractivity contribution in [3.63, 3.8) is 0 Å². The third-order valence-electron chi connectivity index (χ3n) is 3.81. The molecule has 0 aromatic heterocycles. The van der Waals surface area contributed by atoms with Gasteiger partial charge in [0.2, 0.25) is 0 Å². The predicted octanol–water partition coefficient (Wildman–Crippen LogP) is 1.88. The van der Waals surface area contributed by atoms with Gasteiger partial charge in [0.1, 0.15) is 0 Å². The molecular formula is C17H23NO5. The fraction of sp³-hybridized carbons (Fsp3) is 0.529. The highest BCUT2D eigenvalue weighted by molar-refractivity contribution is 5.79. The van der Waals surface area contributed by atoms with Crippen molar-refractivity contribution in [2.75, 3.05) is 33.4 Å². The van der Waals surface area contributed by atoms with Gasteiger partial charge in [-0.2, -0.15) is 0 Å². The molecule has 1 aromatic carbocycles. The zero-order chi connectivity index (χ0) is 16.7. The molecule has 1 aliphatic heterocycles. The standard InChI is InChI=1S/C17H23NO5/c1-3-22-14-8-4-5-9-15(14)23-12-16(19)18-10-6-7-13(11-18)17(20)21-2/h4-5,8-9,13H,3,6-7,10-12H2,1-2H3. The van der Waals surface area contributed by atoms with E-state index in [0.29, 0.717) is 31.2 Å². The van der Waals surface area contributed by atoms with Gasteiger partial charge in [-0.1, -0.05) is 12.1 Å². The molecule has 1 aromatic rings. The quantitative estimate of drug-likeness (QED) is 0.749. The van der Waals surface area contributed by atoms with Crippen LogP contribution in [0.2, 0.25) is 0 Å². The number of hydrogen-bond acceptors (Lipinski definition) is 5. The van der Waals surface area contributed by atoms with Crippen molar-refractivity contribution in [2.24, 2.45) is 5.92 Å². The average Bonchev–Trinajstić information content (AvgIpc) is 2.60. The summed E-state index contributed by atoms with van der Waals surface area (Å²) in [5.74, 6) is 0.529. The molecule has 1 atom stereocenters. The number of carbonyl (C=O) groups excluding carboxylic acids is 2. The smallest absolute Gasteiger partial charge is 0.310 e. The van der Waals surface area contributed by atoms with E-state index in [1.165, 1.54) is 7.11 Å². The van der Waals surface area contributed by atoms with E-state index in [4.69, 9.17) is 14.2 Å². The number of rotatable bonds is 6. The lowest BCUT2D eigenvalue weighted by Crippen LogP contribution is -2.44. The monoisotopic (exact) mass is 321 g/mol. The lowest BCUT2D eigenvalue weighted by atomic mass is 9.98. The van der Waals surface area contributed by atoms with Crippen LogP contribution in [0.1, 0.15) is 19.8 Å². The number of likely N-dealkylation sites (tertiary alicyclic amines) is 1. The molecule has 1 heterocycles. The molecule has 1 unspecified atom stereocenters. The van der Waals surface area contributed by atoms with Crippen molar-refractivity contribution in [3.05, 3.63) is 24.3 Å². The Bertz CT molecular complexity index is 546. The summed E-state index contributed by atoms with van der Waals surface area (Å²) in [5, 5.41) is 0. The second kappa shape index (κ2) is 8.41. The van der Waals surface area contributed by atoms with Gasteiger partial charge in [0, 0.05) is 13.1 Å². The molecule has 6 heteroatoms. The molecule has 0 aliphatic carbocycles. The first-order chi connectivity index (χ1) is 11.2. The maximum Gasteiger partial charge on any atom is 0.310 e. The molecule has 0 N–H and O–H groups in total. The van der Waals surface area contributed by atoms with E-state index in [2.05, 4.69) is 0 Å². The molecule has 1 saturated heterocycles. The van der Waals surface area contributed by atoms with Gasteiger partial charge < -0.3 is 19.1 Å². The Morgan fingerprint density at radius 3 is 2.57 bits per heavy atom. The maximum absolute atomic E-state index is 12.3. The molecular weight excluding hydrogens is 298 g/mol. The normalized spacial score (nSPS) is 17.5. The van der Waals surface area contributed by atoms with Crippen LogP contribution >= 0.6 is 0 Å². The van der Waals surface area contributed by atoms with E-state index in [9.17, 15) is 9.59 Å². The van der Waals surface area contributed by atoms with Gasteiger partial charge in [-0.15, -0.1) is 0 Å². The Morgan fingerprint density at radius 1 is 1.22 bits per heavy atom. The van der Waals surface area contributed by atoms with Gasteiger partial charge in [0.25, 0.3) is 5.91 Å². The van der Waals surface area contributed by atoms with E-state index < -0.39 is 0 Å². The number of piperidine rings is 1. The number of hydrogen-bond donors (Lipinski definition) is 0. The van der Waals surface area contributed by atoms with E-state index in [1.54, 1.807) is 17.0 Å². The van der Waals surface area contributed by atoms with E-state index in [1.807, 2.05) is 19.1 Å². The summed E-state index contributed by atoms with van der Waals surface area (Å²) >= 11 is 0. The summed E-state index contributed by atoms with van der Waals surface area (Å²) in [5.41, 5.74) is 0. The van der Waals surface area contributed by atoms with Crippen molar-refractivity contribution < 1.29 is 23.8 Å². The minimum atomic E-state index is -0.259. The Balaban J connectivity index is 1.91. The van der Waals surface area contributed by atoms with Crippen molar-refractivity contribution in [1.29, 1.82) is 0 Å². The SMILES string of the molecule is CCOc1ccccc1OCC(=O)N1CCCC(C(=O)OC)C1. The summed E-state index contributed by atoms with van der Waals surface area (Å²) in [6.45, 7) is 3.38. The highest BCUT2D eigenvalue weighted by Gasteiger charge is 2.29. The number of amides is 1. The van der Waals surface area contributed by atoms with Gasteiger partial charge in [-0.25, -0.2) is 0 Å². The Morgan fingerprint density at radius 2 is 1.91 bits per heavy atom. The predicted molar refractivity (Wildman–Crippen MR) is 84.4 cm³/mol. The topological polar surface area (TPSA) is 65.1 Å². The fourth-order valence-corrected chi connectivity index (χ4v) is 2.64. The van der Waals surface area contributed by atoms with Crippen LogP contribution in [0.15, 0.2) is 24.3 Å². The number of para-hydroxylation sites is 2. The van der Waals surface area contributed by atoms with Gasteiger partial charge >= 0.3 is 5.97 Å². The minimum absolute atomic E-state index is 0.0714. The molecule has 23 heavy (non-hydrogen) atoms.